The van der Waals surface area contributed by atoms with Gasteiger partial charge in [0, 0.05) is 0 Å². The molecule has 3 nitrogen and oxygen atoms in total. The summed E-state index contributed by atoms with van der Waals surface area (Å²) in [5.74, 6) is 0.0445. The number of benzene rings is 1. The summed E-state index contributed by atoms with van der Waals surface area (Å²) in [7, 11) is 0. The number of unbranched alkanes of at least 4 members (excludes halogenated alkanes) is 5. The first kappa shape index (κ1) is 21.9. The van der Waals surface area contributed by atoms with Crippen LogP contribution < -0.4 is 0 Å². The summed E-state index contributed by atoms with van der Waals surface area (Å²) in [6.45, 7) is 2.15. The lowest BCUT2D eigenvalue weighted by Gasteiger charge is -2.05. The van der Waals surface area contributed by atoms with Crippen molar-refractivity contribution in [1.82, 2.24) is 0 Å². The second kappa shape index (κ2) is 15.1. The Balaban J connectivity index is 2.00. The molecule has 0 aliphatic rings. The van der Waals surface area contributed by atoms with E-state index >= 15 is 0 Å². The highest BCUT2D eigenvalue weighted by atomic mass is 16.3. The Morgan fingerprint density at radius 3 is 2.27 bits per heavy atom. The molecule has 0 fully saturated rings. The second-order valence-electron chi connectivity index (χ2n) is 6.48. The summed E-state index contributed by atoms with van der Waals surface area (Å²) in [5.41, 5.74) is 0.963. The number of aromatic hydroxyl groups is 1. The van der Waals surface area contributed by atoms with Crippen molar-refractivity contribution >= 4 is 5.69 Å². The van der Waals surface area contributed by atoms with E-state index in [9.17, 15) is 10.0 Å². The Hall–Kier alpha value is -2.16. The van der Waals surface area contributed by atoms with Crippen molar-refractivity contribution in [3.63, 3.8) is 0 Å². The molecule has 0 aliphatic heterocycles. The van der Waals surface area contributed by atoms with Crippen LogP contribution in [0, 0.1) is 4.91 Å². The Morgan fingerprint density at radius 2 is 1.54 bits per heavy atom. The smallest absolute Gasteiger partial charge is 0.149 e. The third-order valence-corrected chi connectivity index (χ3v) is 4.29. The van der Waals surface area contributed by atoms with E-state index in [0.717, 1.165) is 50.5 Å². The molecular formula is C23H33NO2. The van der Waals surface area contributed by atoms with Gasteiger partial charge in [-0.1, -0.05) is 74.8 Å². The molecule has 142 valence electrons. The largest absolute Gasteiger partial charge is 0.505 e. The van der Waals surface area contributed by atoms with Crippen LogP contribution >= 0.6 is 0 Å². The summed E-state index contributed by atoms with van der Waals surface area (Å²) >= 11 is 0. The fourth-order valence-electron chi connectivity index (χ4n) is 2.79. The highest BCUT2D eigenvalue weighted by molar-refractivity contribution is 5.54. The Labute approximate surface area is 158 Å². The van der Waals surface area contributed by atoms with E-state index in [1.54, 1.807) is 12.1 Å². The summed E-state index contributed by atoms with van der Waals surface area (Å²) in [6.07, 6.45) is 24.4. The molecule has 0 saturated carbocycles. The summed E-state index contributed by atoms with van der Waals surface area (Å²) in [6, 6.07) is 5.18. The van der Waals surface area contributed by atoms with Crippen molar-refractivity contribution in [1.29, 1.82) is 0 Å². The van der Waals surface area contributed by atoms with Crippen molar-refractivity contribution < 1.29 is 5.11 Å². The zero-order valence-corrected chi connectivity index (χ0v) is 16.1. The molecule has 0 saturated heterocycles. The lowest BCUT2D eigenvalue weighted by Crippen LogP contribution is -1.87. The highest BCUT2D eigenvalue weighted by Gasteiger charge is 2.06. The van der Waals surface area contributed by atoms with Gasteiger partial charge in [-0.2, -0.15) is 0 Å². The Morgan fingerprint density at radius 1 is 0.885 bits per heavy atom. The molecule has 0 heterocycles. The van der Waals surface area contributed by atoms with E-state index < -0.39 is 0 Å². The number of allylic oxidation sites excluding steroid dienone is 6. The molecule has 0 bridgehead atoms. The number of phenolic OH excluding ortho intramolecular Hbond substituents is 1. The number of rotatable bonds is 14. The number of nitroso groups, excluding NO2 is 1. The first-order chi connectivity index (χ1) is 12.8. The first-order valence-electron chi connectivity index (χ1n) is 9.88. The van der Waals surface area contributed by atoms with Crippen molar-refractivity contribution in [2.24, 2.45) is 5.18 Å². The van der Waals surface area contributed by atoms with E-state index in [-0.39, 0.29) is 11.4 Å². The maximum absolute atomic E-state index is 10.6. The third kappa shape index (κ3) is 9.97. The molecule has 1 N–H and O–H groups in total. The van der Waals surface area contributed by atoms with E-state index in [0.29, 0.717) is 0 Å². The first-order valence-corrected chi connectivity index (χ1v) is 9.88. The standard InChI is InChI=1S/C23H33NO2/c1-2-3-4-5-6-7-8-9-10-11-12-13-14-15-16-18-21-19-17-20-22(24-26)23(21)25/h3-4,6-7,9-10,17,19-20,25H,2,5,8,11-16,18H2,1H3/b4-3-,7-6-,10-9-. The quantitative estimate of drug-likeness (QED) is 0.213. The molecule has 0 atom stereocenters. The van der Waals surface area contributed by atoms with Crippen LogP contribution in [0.15, 0.2) is 59.8 Å². The van der Waals surface area contributed by atoms with Crippen LogP contribution in [0.25, 0.3) is 0 Å². The number of phenols is 1. The van der Waals surface area contributed by atoms with Gasteiger partial charge in [-0.15, -0.1) is 4.91 Å². The maximum atomic E-state index is 10.6. The van der Waals surface area contributed by atoms with Gasteiger partial charge in [0.05, 0.1) is 0 Å². The normalized spacial score (nSPS) is 11.9. The van der Waals surface area contributed by atoms with Crippen LogP contribution in [0.1, 0.15) is 70.3 Å². The van der Waals surface area contributed by atoms with E-state index in [1.165, 1.54) is 19.3 Å². The van der Waals surface area contributed by atoms with Crippen LogP contribution in [-0.2, 0) is 6.42 Å². The van der Waals surface area contributed by atoms with Crippen molar-refractivity contribution in [2.45, 2.75) is 71.1 Å². The molecule has 0 aromatic heterocycles. The molecule has 1 aromatic carbocycles. The molecule has 0 aliphatic carbocycles. The molecule has 0 amide bonds. The lowest BCUT2D eigenvalue weighted by molar-refractivity contribution is 0.467. The van der Waals surface area contributed by atoms with E-state index in [2.05, 4.69) is 48.6 Å². The monoisotopic (exact) mass is 355 g/mol. The topological polar surface area (TPSA) is 49.7 Å². The van der Waals surface area contributed by atoms with Crippen LogP contribution in [-0.4, -0.2) is 5.11 Å². The van der Waals surface area contributed by atoms with Crippen LogP contribution in [0.3, 0.4) is 0 Å². The van der Waals surface area contributed by atoms with Crippen molar-refractivity contribution in [3.8, 4) is 5.75 Å². The minimum absolute atomic E-state index is 0.0445. The van der Waals surface area contributed by atoms with Crippen molar-refractivity contribution in [2.75, 3.05) is 0 Å². The van der Waals surface area contributed by atoms with Crippen LogP contribution in [0.2, 0.25) is 0 Å². The number of para-hydroxylation sites is 1. The average molecular weight is 356 g/mol. The molecule has 0 spiro atoms. The molecule has 3 heteroatoms. The molecule has 0 unspecified atom stereocenters. The third-order valence-electron chi connectivity index (χ3n) is 4.29. The predicted octanol–water partition coefficient (Wildman–Crippen LogP) is 7.53. The number of aryl methyl sites for hydroxylation is 1. The fourth-order valence-corrected chi connectivity index (χ4v) is 2.79. The van der Waals surface area contributed by atoms with Gasteiger partial charge in [0.25, 0.3) is 0 Å². The number of nitrogens with zero attached hydrogens (tertiary/aromatic N) is 1. The zero-order chi connectivity index (χ0) is 18.9. The van der Waals surface area contributed by atoms with Crippen LogP contribution in [0.4, 0.5) is 5.69 Å². The molecule has 26 heavy (non-hydrogen) atoms. The summed E-state index contributed by atoms with van der Waals surface area (Å²) in [4.78, 5) is 10.6. The zero-order valence-electron chi connectivity index (χ0n) is 16.1. The highest BCUT2D eigenvalue weighted by Crippen LogP contribution is 2.30. The van der Waals surface area contributed by atoms with E-state index in [1.807, 2.05) is 6.07 Å². The Bertz CT molecular complexity index is 588. The molecule has 1 aromatic rings. The van der Waals surface area contributed by atoms with Gasteiger partial charge in [0.15, 0.2) is 0 Å². The minimum Gasteiger partial charge on any atom is -0.505 e. The van der Waals surface area contributed by atoms with Crippen molar-refractivity contribution in [3.05, 3.63) is 65.1 Å². The molecule has 1 rings (SSSR count). The van der Waals surface area contributed by atoms with Gasteiger partial charge in [-0.05, 0) is 61.8 Å². The maximum Gasteiger partial charge on any atom is 0.149 e. The van der Waals surface area contributed by atoms with Gasteiger partial charge < -0.3 is 5.11 Å². The summed E-state index contributed by atoms with van der Waals surface area (Å²) < 4.78 is 0. The SMILES string of the molecule is CC/C=C\C/C=C\C/C=C\CCCCCCCc1cccc(N=O)c1O. The lowest BCUT2D eigenvalue weighted by atomic mass is 10.0. The molecule has 0 radical (unpaired) electrons. The minimum atomic E-state index is 0.0445. The van der Waals surface area contributed by atoms with Gasteiger partial charge in [0.1, 0.15) is 11.4 Å². The fraction of sp³-hybridized carbons (Fsp3) is 0.478. The summed E-state index contributed by atoms with van der Waals surface area (Å²) in [5, 5.41) is 12.7. The number of hydrogen-bond donors (Lipinski definition) is 1. The van der Waals surface area contributed by atoms with E-state index in [4.69, 9.17) is 0 Å². The Kier molecular flexibility index (Phi) is 12.7. The predicted molar refractivity (Wildman–Crippen MR) is 112 cm³/mol. The molecular weight excluding hydrogens is 322 g/mol. The van der Waals surface area contributed by atoms with Gasteiger partial charge >= 0.3 is 0 Å². The second-order valence-corrected chi connectivity index (χ2v) is 6.48. The number of hydrogen-bond acceptors (Lipinski definition) is 3. The van der Waals surface area contributed by atoms with Gasteiger partial charge in [-0.25, -0.2) is 0 Å². The van der Waals surface area contributed by atoms with Crippen LogP contribution in [0.5, 0.6) is 5.75 Å². The average Bonchev–Trinajstić information content (AvgIpc) is 2.66. The van der Waals surface area contributed by atoms with Gasteiger partial charge in [0.2, 0.25) is 0 Å². The van der Waals surface area contributed by atoms with Gasteiger partial charge in [-0.3, -0.25) is 0 Å².